The van der Waals surface area contributed by atoms with Crippen molar-refractivity contribution in [3.05, 3.63) is 6.33 Å². The molecular formula is C13H20N4O3S. The highest BCUT2D eigenvalue weighted by atomic mass is 32.2. The van der Waals surface area contributed by atoms with E-state index >= 15 is 0 Å². The van der Waals surface area contributed by atoms with Gasteiger partial charge in [-0.15, -0.1) is 11.5 Å². The molecule has 0 saturated heterocycles. The average molecular weight is 312 g/mol. The fourth-order valence-corrected chi connectivity index (χ4v) is 3.21. The van der Waals surface area contributed by atoms with Crippen LogP contribution >= 0.6 is 0 Å². The fourth-order valence-electron chi connectivity index (χ4n) is 1.76. The third kappa shape index (κ3) is 4.56. The highest BCUT2D eigenvalue weighted by Crippen LogP contribution is 2.09. The minimum absolute atomic E-state index is 0.0457. The summed E-state index contributed by atoms with van der Waals surface area (Å²) in [6.07, 6.45) is 7.06. The molecule has 0 aliphatic carbocycles. The van der Waals surface area contributed by atoms with Gasteiger partial charge < -0.3 is 4.90 Å². The molecule has 0 fully saturated rings. The molecule has 7 nitrogen and oxygen atoms in total. The van der Waals surface area contributed by atoms with Crippen molar-refractivity contribution in [2.45, 2.75) is 32.3 Å². The molecule has 8 heteroatoms. The summed E-state index contributed by atoms with van der Waals surface area (Å²) in [5.74, 6) is 2.28. The molecule has 0 atom stereocenters. The lowest BCUT2D eigenvalue weighted by Gasteiger charge is -2.18. The number of aromatic nitrogens is 3. The molecule has 0 spiro atoms. The molecule has 1 aromatic rings. The van der Waals surface area contributed by atoms with E-state index in [1.165, 1.54) is 4.90 Å². The van der Waals surface area contributed by atoms with Gasteiger partial charge in [-0.25, -0.2) is 18.2 Å². The molecule has 1 amide bonds. The quantitative estimate of drug-likeness (QED) is 0.732. The van der Waals surface area contributed by atoms with Gasteiger partial charge in [-0.3, -0.25) is 0 Å². The lowest BCUT2D eigenvalue weighted by Crippen LogP contribution is -2.36. The van der Waals surface area contributed by atoms with Crippen LogP contribution < -0.4 is 0 Å². The predicted octanol–water partition coefficient (Wildman–Crippen LogP) is 1.02. The Balaban J connectivity index is 2.97. The molecule has 0 unspecified atom stereocenters. The first-order chi connectivity index (χ1) is 9.81. The van der Waals surface area contributed by atoms with E-state index in [4.69, 9.17) is 6.42 Å². The number of terminal acetylenes is 1. The van der Waals surface area contributed by atoms with E-state index in [0.29, 0.717) is 6.54 Å². The van der Waals surface area contributed by atoms with Gasteiger partial charge in [0, 0.05) is 6.54 Å². The Morgan fingerprint density at radius 3 is 2.71 bits per heavy atom. The molecule has 0 saturated carbocycles. The summed E-state index contributed by atoms with van der Waals surface area (Å²) in [6.45, 7) is 6.10. The number of sulfone groups is 1. The van der Waals surface area contributed by atoms with Crippen molar-refractivity contribution in [3.63, 3.8) is 0 Å². The van der Waals surface area contributed by atoms with Crippen molar-refractivity contribution < 1.29 is 13.2 Å². The van der Waals surface area contributed by atoms with Crippen molar-refractivity contribution in [2.75, 3.05) is 18.8 Å². The maximum absolute atomic E-state index is 12.2. The van der Waals surface area contributed by atoms with Crippen molar-refractivity contribution in [2.24, 2.45) is 5.92 Å². The van der Waals surface area contributed by atoms with Gasteiger partial charge in [0.15, 0.2) is 0 Å². The normalized spacial score (nSPS) is 11.4. The molecule has 1 heterocycles. The molecule has 1 aromatic heterocycles. The maximum atomic E-state index is 12.2. The van der Waals surface area contributed by atoms with Gasteiger partial charge in [-0.05, 0) is 12.3 Å². The van der Waals surface area contributed by atoms with Crippen molar-refractivity contribution >= 4 is 15.9 Å². The topological polar surface area (TPSA) is 85.2 Å². The Labute approximate surface area is 125 Å². The first kappa shape index (κ1) is 17.2. The monoisotopic (exact) mass is 312 g/mol. The summed E-state index contributed by atoms with van der Waals surface area (Å²) in [5.41, 5.74) is 0. The number of carbonyl (C=O) groups is 1. The third-order valence-electron chi connectivity index (χ3n) is 2.54. The molecule has 0 radical (unpaired) electrons. The van der Waals surface area contributed by atoms with Gasteiger partial charge in [0.25, 0.3) is 5.16 Å². The Morgan fingerprint density at radius 2 is 2.19 bits per heavy atom. The van der Waals surface area contributed by atoms with Gasteiger partial charge in [0.2, 0.25) is 9.84 Å². The highest BCUT2D eigenvalue weighted by Gasteiger charge is 2.23. The number of carbonyl (C=O) groups excluding carboxylic acids is 1. The summed E-state index contributed by atoms with van der Waals surface area (Å²) in [6, 6.07) is -0.478. The van der Waals surface area contributed by atoms with Gasteiger partial charge in [0.1, 0.15) is 6.33 Å². The highest BCUT2D eigenvalue weighted by molar-refractivity contribution is 7.91. The van der Waals surface area contributed by atoms with Gasteiger partial charge in [-0.2, -0.15) is 4.68 Å². The second kappa shape index (κ2) is 7.22. The average Bonchev–Trinajstić information content (AvgIpc) is 2.86. The smallest absolute Gasteiger partial charge is 0.312 e. The van der Waals surface area contributed by atoms with Crippen LogP contribution in [-0.4, -0.2) is 53.0 Å². The Bertz CT molecular complexity index is 628. The summed E-state index contributed by atoms with van der Waals surface area (Å²) < 4.78 is 24.9. The summed E-state index contributed by atoms with van der Waals surface area (Å²) in [4.78, 5) is 17.3. The van der Waals surface area contributed by atoms with Gasteiger partial charge in [-0.1, -0.05) is 26.7 Å². The van der Waals surface area contributed by atoms with E-state index in [2.05, 4.69) is 16.0 Å². The van der Waals surface area contributed by atoms with Crippen LogP contribution in [0.2, 0.25) is 0 Å². The molecule has 1 rings (SSSR count). The summed E-state index contributed by atoms with van der Waals surface area (Å²) in [5, 5.41) is 3.45. The molecule has 0 aliphatic heterocycles. The van der Waals surface area contributed by atoms with E-state index in [-0.39, 0.29) is 23.4 Å². The second-order valence-corrected chi connectivity index (χ2v) is 6.98. The number of hydrogen-bond donors (Lipinski definition) is 0. The van der Waals surface area contributed by atoms with E-state index < -0.39 is 15.9 Å². The number of hydrogen-bond acceptors (Lipinski definition) is 5. The SMILES string of the molecule is C#CCN(CCC)C(=O)n1cnc(S(=O)(=O)CC(C)C)n1. The molecule has 0 bridgehead atoms. The first-order valence-corrected chi connectivity index (χ1v) is 8.34. The zero-order valence-electron chi connectivity index (χ0n) is 12.5. The molecule has 0 aromatic carbocycles. The number of rotatable bonds is 6. The number of nitrogens with zero attached hydrogens (tertiary/aromatic N) is 4. The Hall–Kier alpha value is -1.88. The van der Waals surface area contributed by atoms with E-state index in [9.17, 15) is 13.2 Å². The third-order valence-corrected chi connectivity index (χ3v) is 4.39. The number of amides is 1. The van der Waals surface area contributed by atoms with Crippen molar-refractivity contribution in [3.8, 4) is 12.3 Å². The van der Waals surface area contributed by atoms with Crippen LogP contribution in [0.1, 0.15) is 27.2 Å². The molecule has 0 aliphatic rings. The van der Waals surface area contributed by atoms with Crippen LogP contribution in [-0.2, 0) is 9.84 Å². The van der Waals surface area contributed by atoms with Crippen LogP contribution in [0.25, 0.3) is 0 Å². The van der Waals surface area contributed by atoms with E-state index in [1.54, 1.807) is 13.8 Å². The predicted molar refractivity (Wildman–Crippen MR) is 78.4 cm³/mol. The van der Waals surface area contributed by atoms with E-state index in [1.807, 2.05) is 6.92 Å². The Morgan fingerprint density at radius 1 is 1.52 bits per heavy atom. The zero-order chi connectivity index (χ0) is 16.0. The molecule has 116 valence electrons. The minimum atomic E-state index is -3.58. The molecular weight excluding hydrogens is 292 g/mol. The van der Waals surface area contributed by atoms with E-state index in [0.717, 1.165) is 17.4 Å². The van der Waals surface area contributed by atoms with Gasteiger partial charge in [0.05, 0.1) is 12.3 Å². The van der Waals surface area contributed by atoms with Crippen LogP contribution in [0.4, 0.5) is 4.79 Å². The van der Waals surface area contributed by atoms with Crippen LogP contribution in [0, 0.1) is 18.3 Å². The minimum Gasteiger partial charge on any atom is -0.312 e. The van der Waals surface area contributed by atoms with Crippen LogP contribution in [0.15, 0.2) is 11.5 Å². The lowest BCUT2D eigenvalue weighted by molar-refractivity contribution is 0.202. The molecule has 0 N–H and O–H groups in total. The maximum Gasteiger partial charge on any atom is 0.346 e. The second-order valence-electron chi connectivity index (χ2n) is 5.06. The standard InChI is InChI=1S/C13H20N4O3S/c1-5-7-16(8-6-2)13(18)17-10-14-12(15-17)21(19,20)9-11(3)4/h1,10-11H,6-9H2,2-4H3. The lowest BCUT2D eigenvalue weighted by atomic mass is 10.3. The fraction of sp³-hybridized carbons (Fsp3) is 0.615. The summed E-state index contributed by atoms with van der Waals surface area (Å²) in [7, 11) is -3.58. The van der Waals surface area contributed by atoms with Crippen LogP contribution in [0.3, 0.4) is 0 Å². The van der Waals surface area contributed by atoms with Crippen molar-refractivity contribution in [1.82, 2.24) is 19.7 Å². The van der Waals surface area contributed by atoms with Gasteiger partial charge >= 0.3 is 6.03 Å². The summed E-state index contributed by atoms with van der Waals surface area (Å²) >= 11 is 0. The first-order valence-electron chi connectivity index (χ1n) is 6.69. The van der Waals surface area contributed by atoms with Crippen LogP contribution in [0.5, 0.6) is 0 Å². The largest absolute Gasteiger partial charge is 0.346 e. The zero-order valence-corrected chi connectivity index (χ0v) is 13.3. The molecule has 21 heavy (non-hydrogen) atoms. The van der Waals surface area contributed by atoms with Crippen molar-refractivity contribution in [1.29, 1.82) is 0 Å². The Kier molecular flexibility index (Phi) is 5.90.